The molecule has 0 saturated heterocycles. The van der Waals surface area contributed by atoms with Crippen molar-refractivity contribution in [1.82, 2.24) is 0 Å². The monoisotopic (exact) mass is 355 g/mol. The van der Waals surface area contributed by atoms with Gasteiger partial charge in [0.15, 0.2) is 0 Å². The van der Waals surface area contributed by atoms with E-state index in [0.717, 1.165) is 0 Å². The van der Waals surface area contributed by atoms with Crippen LogP contribution < -0.4 is 36.3 Å². The van der Waals surface area contributed by atoms with Crippen molar-refractivity contribution in [2.24, 2.45) is 11.5 Å². The molecule has 0 heterocycles. The Bertz CT molecular complexity index is 21.3. The van der Waals surface area contributed by atoms with Crippen LogP contribution in [0.25, 0.3) is 0 Å². The molecule has 0 aliphatic rings. The fourth-order valence-corrected chi connectivity index (χ4v) is 0. The second kappa shape index (κ2) is 35.1. The van der Waals surface area contributed by atoms with Crippen LogP contribution in [0.5, 0.6) is 0 Å². The summed E-state index contributed by atoms with van der Waals surface area (Å²) in [6.07, 6.45) is 0. The Morgan fingerprint density at radius 3 is 1.00 bits per heavy atom. The number of halogens is 2. The Labute approximate surface area is 84.2 Å². The quantitative estimate of drug-likeness (QED) is 0.454. The van der Waals surface area contributed by atoms with E-state index in [1.165, 1.54) is 7.05 Å². The van der Waals surface area contributed by atoms with Crippen LogP contribution in [0.3, 0.4) is 0 Å². The zero-order valence-corrected chi connectivity index (χ0v) is 9.59. The normalized spacial score (nSPS) is 4.67. The molecule has 0 bridgehead atoms. The average Bonchev–Trinajstić information content (AvgIpc) is 1.41. The molecule has 5 heteroatoms. The van der Waals surface area contributed by atoms with Gasteiger partial charge in [0.05, 0.1) is 0 Å². The molecule has 0 aromatic carbocycles. The van der Waals surface area contributed by atoms with E-state index in [4.69, 9.17) is 5.73 Å². The molecule has 0 rings (SSSR count). The van der Waals surface area contributed by atoms with Crippen molar-refractivity contribution in [3.05, 3.63) is 0 Å². The van der Waals surface area contributed by atoms with Crippen LogP contribution in [-0.2, 0) is 21.1 Å². The van der Waals surface area contributed by atoms with Crippen LogP contribution in [-0.4, -0.2) is 13.1 Å². The van der Waals surface area contributed by atoms with E-state index >= 15 is 0 Å². The van der Waals surface area contributed by atoms with Crippen molar-refractivity contribution in [2.45, 2.75) is 19.9 Å². The molecule has 4 N–H and O–H groups in total. The molecule has 0 spiro atoms. The van der Waals surface area contributed by atoms with Gasteiger partial charge in [-0.1, -0.05) is 13.8 Å². The summed E-state index contributed by atoms with van der Waals surface area (Å²) in [4.78, 5) is 0. The Balaban J connectivity index is -0.00000000990. The third-order valence-corrected chi connectivity index (χ3v) is 0. The first-order valence-electron chi connectivity index (χ1n) is 2.07. The predicted octanol–water partition coefficient (Wildman–Crippen LogP) is -6.07. The number of hydrogen-bond donors (Lipinski definition) is 2. The van der Waals surface area contributed by atoms with Crippen molar-refractivity contribution < 1.29 is 45.9 Å². The molecule has 2 nitrogen and oxygen atoms in total. The minimum atomic E-state index is 0. The minimum Gasteiger partial charge on any atom is -1.00 e. The topological polar surface area (TPSA) is 52.0 Å². The number of rotatable bonds is 0. The van der Waals surface area contributed by atoms with E-state index in [1.807, 2.05) is 13.8 Å². The molecule has 64 valence electrons. The van der Waals surface area contributed by atoms with E-state index in [-0.39, 0.29) is 45.9 Å². The van der Waals surface area contributed by atoms with E-state index in [0.29, 0.717) is 6.04 Å². The summed E-state index contributed by atoms with van der Waals surface area (Å²) in [5.74, 6) is 0. The molecule has 0 unspecified atom stereocenters. The molecule has 0 aliphatic heterocycles. The van der Waals surface area contributed by atoms with Gasteiger partial charge in [-0.05, 0) is 13.1 Å². The molecule has 0 atom stereocenters. The van der Waals surface area contributed by atoms with Gasteiger partial charge < -0.3 is 36.3 Å². The Kier molecular flexibility index (Phi) is 125. The average molecular weight is 356 g/mol. The first-order chi connectivity index (χ1) is 2.73. The van der Waals surface area contributed by atoms with Crippen LogP contribution in [0.15, 0.2) is 0 Å². The van der Waals surface area contributed by atoms with E-state index in [9.17, 15) is 0 Å². The van der Waals surface area contributed by atoms with Gasteiger partial charge >= 0.3 is 21.1 Å². The first kappa shape index (κ1) is 32.0. The number of nitrogens with two attached hydrogens (primary N) is 2. The van der Waals surface area contributed by atoms with Crippen LogP contribution in [0, 0.1) is 0 Å². The second-order valence-corrected chi connectivity index (χ2v) is 1.24. The van der Waals surface area contributed by atoms with Gasteiger partial charge in [-0.2, -0.15) is 0 Å². The summed E-state index contributed by atoms with van der Waals surface area (Å²) in [6.45, 7) is 3.89. The Morgan fingerprint density at radius 2 is 1.00 bits per heavy atom. The standard InChI is InChI=1S/C3H9N.CH5N.2ClH.Pt/c1-3(2)4;1-2;;;/h3H,4H2,1-2H3;2H2,1H3;2*1H;/q;;;;+2/p-2. The largest absolute Gasteiger partial charge is 2.00 e. The van der Waals surface area contributed by atoms with Gasteiger partial charge in [-0.3, -0.25) is 0 Å². The third-order valence-electron chi connectivity index (χ3n) is 0. The first-order valence-corrected chi connectivity index (χ1v) is 2.07. The van der Waals surface area contributed by atoms with Gasteiger partial charge in [0, 0.05) is 0 Å². The SMILES string of the molecule is CC(C)N.CN.[Cl-].[Cl-].[Pt+2]. The summed E-state index contributed by atoms with van der Waals surface area (Å²) in [6, 6.07) is 0.333. The summed E-state index contributed by atoms with van der Waals surface area (Å²) in [5.41, 5.74) is 9.61. The summed E-state index contributed by atoms with van der Waals surface area (Å²) < 4.78 is 0. The molecule has 0 fully saturated rings. The molecule has 0 radical (unpaired) electrons. The van der Waals surface area contributed by atoms with Gasteiger partial charge in [0.25, 0.3) is 0 Å². The molecule has 0 aliphatic carbocycles. The smallest absolute Gasteiger partial charge is 1.00 e. The zero-order chi connectivity index (χ0) is 5.58. The van der Waals surface area contributed by atoms with Crippen LogP contribution in [0.1, 0.15) is 13.8 Å². The van der Waals surface area contributed by atoms with Crippen LogP contribution in [0.4, 0.5) is 0 Å². The van der Waals surface area contributed by atoms with E-state index in [1.54, 1.807) is 0 Å². The summed E-state index contributed by atoms with van der Waals surface area (Å²) >= 11 is 0. The summed E-state index contributed by atoms with van der Waals surface area (Å²) in [7, 11) is 1.50. The van der Waals surface area contributed by atoms with Crippen molar-refractivity contribution in [3.8, 4) is 0 Å². The minimum absolute atomic E-state index is 0. The summed E-state index contributed by atoms with van der Waals surface area (Å²) in [5, 5.41) is 0. The fraction of sp³-hybridized carbons (Fsp3) is 1.00. The molecule has 0 aromatic heterocycles. The Morgan fingerprint density at radius 1 is 1.00 bits per heavy atom. The molecule has 9 heavy (non-hydrogen) atoms. The van der Waals surface area contributed by atoms with Crippen molar-refractivity contribution in [2.75, 3.05) is 7.05 Å². The predicted molar refractivity (Wildman–Crippen MR) is 29.4 cm³/mol. The molecular formula is C4H14Cl2N2Pt. The van der Waals surface area contributed by atoms with E-state index in [2.05, 4.69) is 5.73 Å². The fourth-order valence-electron chi connectivity index (χ4n) is 0. The molecular weight excluding hydrogens is 342 g/mol. The molecule has 0 amide bonds. The second-order valence-electron chi connectivity index (χ2n) is 1.24. The Hall–Kier alpha value is 1.19. The van der Waals surface area contributed by atoms with Crippen molar-refractivity contribution in [3.63, 3.8) is 0 Å². The van der Waals surface area contributed by atoms with E-state index < -0.39 is 0 Å². The maximum Gasteiger partial charge on any atom is 2.00 e. The zero-order valence-electron chi connectivity index (χ0n) is 5.80. The number of hydrogen-bond acceptors (Lipinski definition) is 2. The van der Waals surface area contributed by atoms with Gasteiger partial charge in [-0.25, -0.2) is 0 Å². The van der Waals surface area contributed by atoms with Crippen molar-refractivity contribution >= 4 is 0 Å². The van der Waals surface area contributed by atoms with Gasteiger partial charge in [0.1, 0.15) is 0 Å². The van der Waals surface area contributed by atoms with Crippen molar-refractivity contribution in [1.29, 1.82) is 0 Å². The maximum atomic E-state index is 5.11. The van der Waals surface area contributed by atoms with Gasteiger partial charge in [-0.15, -0.1) is 0 Å². The van der Waals surface area contributed by atoms with Gasteiger partial charge in [0.2, 0.25) is 0 Å². The maximum absolute atomic E-state index is 5.11. The van der Waals surface area contributed by atoms with Crippen LogP contribution in [0.2, 0.25) is 0 Å². The molecule has 0 saturated carbocycles. The van der Waals surface area contributed by atoms with Crippen LogP contribution >= 0.6 is 0 Å². The molecule has 0 aromatic rings. The third kappa shape index (κ3) is 336.